The molecule has 1 N–H and O–H groups in total. The smallest absolute Gasteiger partial charge is 0.269 e. The van der Waals surface area contributed by atoms with Crippen LogP contribution in [0.4, 0.5) is 11.4 Å². The average Bonchev–Trinajstić information content (AvgIpc) is 2.37. The fraction of sp³-hybridized carbons (Fsp3) is 0.0769. The van der Waals surface area contributed by atoms with Gasteiger partial charge in [-0.05, 0) is 23.8 Å². The number of halogens is 1. The van der Waals surface area contributed by atoms with E-state index in [0.717, 1.165) is 0 Å². The molecule has 0 unspecified atom stereocenters. The van der Waals surface area contributed by atoms with Gasteiger partial charge in [-0.2, -0.15) is 0 Å². The first kappa shape index (κ1) is 15.3. The van der Waals surface area contributed by atoms with E-state index in [2.05, 4.69) is 4.72 Å². The zero-order valence-corrected chi connectivity index (χ0v) is 12.3. The number of benzene rings is 2. The van der Waals surface area contributed by atoms with Crippen molar-refractivity contribution in [1.82, 2.24) is 0 Å². The first-order valence-electron chi connectivity index (χ1n) is 5.85. The van der Waals surface area contributed by atoms with E-state index in [4.69, 9.17) is 11.6 Å². The third-order valence-electron chi connectivity index (χ3n) is 2.58. The molecule has 0 atom stereocenters. The predicted molar refractivity (Wildman–Crippen MR) is 80.8 cm³/mol. The molecular weight excluding hydrogens is 316 g/mol. The quantitative estimate of drug-likeness (QED) is 0.675. The van der Waals surface area contributed by atoms with Crippen LogP contribution >= 0.6 is 11.6 Å². The van der Waals surface area contributed by atoms with Crippen molar-refractivity contribution >= 4 is 33.0 Å². The van der Waals surface area contributed by atoms with Crippen molar-refractivity contribution in [3.05, 3.63) is 69.2 Å². The van der Waals surface area contributed by atoms with Crippen LogP contribution in [-0.2, 0) is 15.8 Å². The zero-order valence-electron chi connectivity index (χ0n) is 10.7. The van der Waals surface area contributed by atoms with Gasteiger partial charge in [-0.25, -0.2) is 8.42 Å². The minimum Gasteiger partial charge on any atom is -0.283 e. The van der Waals surface area contributed by atoms with Gasteiger partial charge in [0.05, 0.1) is 10.7 Å². The Morgan fingerprint density at radius 2 is 1.86 bits per heavy atom. The van der Waals surface area contributed by atoms with E-state index >= 15 is 0 Å². The molecule has 0 aliphatic rings. The number of non-ortho nitro benzene ring substituents is 1. The van der Waals surface area contributed by atoms with Crippen LogP contribution in [0.2, 0.25) is 5.02 Å². The summed E-state index contributed by atoms with van der Waals surface area (Å²) in [5.41, 5.74) is 0.525. The average molecular weight is 327 g/mol. The van der Waals surface area contributed by atoms with Crippen LogP contribution in [-0.4, -0.2) is 13.3 Å². The predicted octanol–water partition coefficient (Wildman–Crippen LogP) is 3.19. The summed E-state index contributed by atoms with van der Waals surface area (Å²) >= 11 is 5.78. The number of rotatable bonds is 5. The third kappa shape index (κ3) is 4.44. The molecule has 0 saturated carbocycles. The Bertz CT molecular complexity index is 777. The largest absolute Gasteiger partial charge is 0.283 e. The van der Waals surface area contributed by atoms with Gasteiger partial charge in [0, 0.05) is 22.8 Å². The minimum absolute atomic E-state index is 0.148. The molecule has 0 radical (unpaired) electrons. The summed E-state index contributed by atoms with van der Waals surface area (Å²) in [7, 11) is -3.68. The van der Waals surface area contributed by atoms with Crippen molar-refractivity contribution in [3.8, 4) is 0 Å². The highest BCUT2D eigenvalue weighted by Crippen LogP contribution is 2.19. The summed E-state index contributed by atoms with van der Waals surface area (Å²) in [6.07, 6.45) is 0. The summed E-state index contributed by atoms with van der Waals surface area (Å²) in [5.74, 6) is -0.360. The molecule has 110 valence electrons. The lowest BCUT2D eigenvalue weighted by atomic mass is 10.2. The zero-order chi connectivity index (χ0) is 15.5. The monoisotopic (exact) mass is 326 g/mol. The second-order valence-corrected chi connectivity index (χ2v) is 6.46. The Morgan fingerprint density at radius 3 is 2.52 bits per heavy atom. The van der Waals surface area contributed by atoms with Gasteiger partial charge in [0.2, 0.25) is 10.0 Å². The number of hydrogen-bond acceptors (Lipinski definition) is 4. The Hall–Kier alpha value is -2.12. The van der Waals surface area contributed by atoms with Crippen LogP contribution in [0, 0.1) is 10.1 Å². The number of sulfonamides is 1. The molecule has 2 rings (SSSR count). The number of nitrogens with one attached hydrogen (secondary N) is 1. The molecule has 21 heavy (non-hydrogen) atoms. The lowest BCUT2D eigenvalue weighted by molar-refractivity contribution is -0.384. The molecule has 8 heteroatoms. The van der Waals surface area contributed by atoms with Gasteiger partial charge in [-0.1, -0.05) is 29.8 Å². The first-order chi connectivity index (χ1) is 9.85. The molecule has 2 aromatic rings. The lowest BCUT2D eigenvalue weighted by Gasteiger charge is -2.08. The second kappa shape index (κ2) is 6.11. The number of nitrogens with zero attached hydrogens (tertiary/aromatic N) is 1. The van der Waals surface area contributed by atoms with E-state index in [-0.39, 0.29) is 11.4 Å². The lowest BCUT2D eigenvalue weighted by Crippen LogP contribution is -2.15. The van der Waals surface area contributed by atoms with Crippen molar-refractivity contribution < 1.29 is 13.3 Å². The van der Waals surface area contributed by atoms with Crippen LogP contribution in [0.15, 0.2) is 48.5 Å². The van der Waals surface area contributed by atoms with Gasteiger partial charge in [-0.15, -0.1) is 0 Å². The van der Waals surface area contributed by atoms with Gasteiger partial charge in [0.1, 0.15) is 0 Å². The molecule has 0 amide bonds. The van der Waals surface area contributed by atoms with Gasteiger partial charge in [0.15, 0.2) is 0 Å². The number of anilines is 1. The fourth-order valence-electron chi connectivity index (χ4n) is 1.75. The molecule has 2 aromatic carbocycles. The van der Waals surface area contributed by atoms with Gasteiger partial charge in [0.25, 0.3) is 5.69 Å². The molecule has 0 bridgehead atoms. The van der Waals surface area contributed by atoms with Crippen molar-refractivity contribution in [3.63, 3.8) is 0 Å². The number of hydrogen-bond donors (Lipinski definition) is 1. The summed E-state index contributed by atoms with van der Waals surface area (Å²) in [6, 6.07) is 11.8. The van der Waals surface area contributed by atoms with E-state index in [1.807, 2.05) is 0 Å². The molecular formula is C13H11ClN2O4S. The van der Waals surface area contributed by atoms with Gasteiger partial charge >= 0.3 is 0 Å². The van der Waals surface area contributed by atoms with E-state index < -0.39 is 14.9 Å². The molecule has 0 fully saturated rings. The molecule has 0 heterocycles. The van der Waals surface area contributed by atoms with Crippen molar-refractivity contribution in [2.45, 2.75) is 5.75 Å². The van der Waals surface area contributed by atoms with Crippen LogP contribution in [0.25, 0.3) is 0 Å². The topological polar surface area (TPSA) is 89.3 Å². The molecule has 0 spiro atoms. The van der Waals surface area contributed by atoms with E-state index in [1.165, 1.54) is 30.3 Å². The maximum Gasteiger partial charge on any atom is 0.269 e. The highest BCUT2D eigenvalue weighted by atomic mass is 35.5. The SMILES string of the molecule is O=[N+]([O-])c1cccc(CS(=O)(=O)Nc2cccc(Cl)c2)c1. The Morgan fingerprint density at radius 1 is 1.14 bits per heavy atom. The summed E-state index contributed by atoms with van der Waals surface area (Å²) in [6.45, 7) is 0. The highest BCUT2D eigenvalue weighted by molar-refractivity contribution is 7.91. The third-order valence-corrected chi connectivity index (χ3v) is 4.07. The fourth-order valence-corrected chi connectivity index (χ4v) is 3.11. The van der Waals surface area contributed by atoms with Crippen molar-refractivity contribution in [2.75, 3.05) is 4.72 Å². The Labute approximate surface area is 126 Å². The van der Waals surface area contributed by atoms with Crippen molar-refractivity contribution in [2.24, 2.45) is 0 Å². The second-order valence-electron chi connectivity index (χ2n) is 4.30. The van der Waals surface area contributed by atoms with Gasteiger partial charge in [-0.3, -0.25) is 14.8 Å². The summed E-state index contributed by atoms with van der Waals surface area (Å²) < 4.78 is 26.4. The Kier molecular flexibility index (Phi) is 4.44. The summed E-state index contributed by atoms with van der Waals surface area (Å²) in [4.78, 5) is 10.1. The van der Waals surface area contributed by atoms with Crippen LogP contribution in [0.3, 0.4) is 0 Å². The van der Waals surface area contributed by atoms with E-state index in [0.29, 0.717) is 16.3 Å². The molecule has 6 nitrogen and oxygen atoms in total. The number of nitro groups is 1. The van der Waals surface area contributed by atoms with E-state index in [9.17, 15) is 18.5 Å². The maximum absolute atomic E-state index is 12.0. The standard InChI is InChI=1S/C13H11ClN2O4S/c14-11-4-2-5-12(8-11)15-21(19,20)9-10-3-1-6-13(7-10)16(17)18/h1-8,15H,9H2. The minimum atomic E-state index is -3.68. The van der Waals surface area contributed by atoms with Crippen LogP contribution in [0.1, 0.15) is 5.56 Å². The number of nitro benzene ring substituents is 1. The van der Waals surface area contributed by atoms with Gasteiger partial charge < -0.3 is 0 Å². The Balaban J connectivity index is 2.18. The molecule has 0 aliphatic heterocycles. The van der Waals surface area contributed by atoms with E-state index in [1.54, 1.807) is 18.2 Å². The molecule has 0 aromatic heterocycles. The first-order valence-corrected chi connectivity index (χ1v) is 7.88. The maximum atomic E-state index is 12.0. The summed E-state index contributed by atoms with van der Waals surface area (Å²) in [5, 5.41) is 11.1. The molecule has 0 aliphatic carbocycles. The van der Waals surface area contributed by atoms with Crippen LogP contribution in [0.5, 0.6) is 0 Å². The van der Waals surface area contributed by atoms with Crippen molar-refractivity contribution in [1.29, 1.82) is 0 Å². The highest BCUT2D eigenvalue weighted by Gasteiger charge is 2.14. The molecule has 0 saturated heterocycles. The van der Waals surface area contributed by atoms with Crippen LogP contribution < -0.4 is 4.72 Å². The normalized spacial score (nSPS) is 11.1.